The van der Waals surface area contributed by atoms with Crippen molar-refractivity contribution in [2.75, 3.05) is 0 Å². The van der Waals surface area contributed by atoms with Gasteiger partial charge in [0.2, 0.25) is 0 Å². The molecule has 0 amide bonds. The van der Waals surface area contributed by atoms with Crippen LogP contribution in [0.4, 0.5) is 0 Å². The molecule has 0 aliphatic rings. The minimum absolute atomic E-state index is 0.590. The highest BCUT2D eigenvalue weighted by Gasteiger charge is 2.10. The molecular formula is C19H24. The first kappa shape index (κ1) is 13.9. The maximum absolute atomic E-state index is 2.36. The quantitative estimate of drug-likeness (QED) is 0.642. The van der Waals surface area contributed by atoms with Crippen molar-refractivity contribution in [1.29, 1.82) is 0 Å². The summed E-state index contributed by atoms with van der Waals surface area (Å²) in [7, 11) is 0. The van der Waals surface area contributed by atoms with Gasteiger partial charge in [-0.2, -0.15) is 0 Å². The van der Waals surface area contributed by atoms with Crippen molar-refractivity contribution in [3.63, 3.8) is 0 Å². The van der Waals surface area contributed by atoms with Crippen LogP contribution in [0.15, 0.2) is 30.3 Å². The molecule has 0 nitrogen and oxygen atoms in total. The second-order valence-electron chi connectivity index (χ2n) is 6.00. The summed E-state index contributed by atoms with van der Waals surface area (Å²) in [6, 6.07) is 11.4. The van der Waals surface area contributed by atoms with Gasteiger partial charge in [-0.15, -0.1) is 0 Å². The van der Waals surface area contributed by atoms with E-state index < -0.39 is 0 Å². The van der Waals surface area contributed by atoms with E-state index in [1.54, 1.807) is 0 Å². The summed E-state index contributed by atoms with van der Waals surface area (Å²) in [5, 5.41) is 0. The van der Waals surface area contributed by atoms with Gasteiger partial charge in [0.05, 0.1) is 0 Å². The Labute approximate surface area is 117 Å². The van der Waals surface area contributed by atoms with Crippen LogP contribution in [0.1, 0.15) is 47.6 Å². The predicted octanol–water partition coefficient (Wildman–Crippen LogP) is 5.71. The van der Waals surface area contributed by atoms with Crippen LogP contribution in [0.5, 0.6) is 0 Å². The van der Waals surface area contributed by atoms with Gasteiger partial charge in [0.1, 0.15) is 0 Å². The molecule has 0 aromatic heterocycles. The largest absolute Gasteiger partial charge is 0.0587 e. The summed E-state index contributed by atoms with van der Waals surface area (Å²) in [5.74, 6) is 0.590. The predicted molar refractivity (Wildman–Crippen MR) is 84.9 cm³/mol. The molecule has 0 fully saturated rings. The number of hydrogen-bond acceptors (Lipinski definition) is 0. The molecule has 2 aromatic rings. The summed E-state index contributed by atoms with van der Waals surface area (Å²) in [6.07, 6.45) is 0. The van der Waals surface area contributed by atoms with Crippen LogP contribution < -0.4 is 0 Å². The van der Waals surface area contributed by atoms with E-state index in [1.165, 1.54) is 38.9 Å². The van der Waals surface area contributed by atoms with Gasteiger partial charge in [-0.1, -0.05) is 49.7 Å². The Balaban J connectivity index is 2.60. The third-order valence-corrected chi connectivity index (χ3v) is 3.91. The van der Waals surface area contributed by atoms with E-state index in [1.807, 2.05) is 0 Å². The van der Waals surface area contributed by atoms with Crippen LogP contribution in [0.2, 0.25) is 0 Å². The van der Waals surface area contributed by atoms with Gasteiger partial charge in [-0.25, -0.2) is 0 Å². The molecule has 0 radical (unpaired) electrons. The maximum Gasteiger partial charge on any atom is -0.0149 e. The first-order chi connectivity index (χ1) is 8.90. The van der Waals surface area contributed by atoms with E-state index in [9.17, 15) is 0 Å². The van der Waals surface area contributed by atoms with E-state index in [2.05, 4.69) is 71.9 Å². The van der Waals surface area contributed by atoms with Crippen molar-refractivity contribution < 1.29 is 0 Å². The van der Waals surface area contributed by atoms with Gasteiger partial charge >= 0.3 is 0 Å². The Kier molecular flexibility index (Phi) is 3.80. The molecule has 2 aromatic carbocycles. The van der Waals surface area contributed by atoms with E-state index >= 15 is 0 Å². The standard InChI is InChI=1S/C19H24/c1-12(2)18-10-16(6)19(11-15(18)5)17-8-7-13(3)9-14(17)4/h7-12H,1-6H3. The molecule has 2 rings (SSSR count). The fourth-order valence-corrected chi connectivity index (χ4v) is 2.87. The Morgan fingerprint density at radius 2 is 1.32 bits per heavy atom. The zero-order valence-corrected chi connectivity index (χ0v) is 13.0. The number of hydrogen-bond donors (Lipinski definition) is 0. The van der Waals surface area contributed by atoms with E-state index in [0.717, 1.165) is 0 Å². The average molecular weight is 252 g/mol. The van der Waals surface area contributed by atoms with Gasteiger partial charge in [0, 0.05) is 0 Å². The second-order valence-corrected chi connectivity index (χ2v) is 6.00. The number of benzene rings is 2. The average Bonchev–Trinajstić information content (AvgIpc) is 2.32. The molecule has 0 spiro atoms. The normalized spacial score (nSPS) is 11.1. The Morgan fingerprint density at radius 3 is 1.89 bits per heavy atom. The molecule has 0 saturated heterocycles. The van der Waals surface area contributed by atoms with Gasteiger partial charge < -0.3 is 0 Å². The molecule has 0 saturated carbocycles. The third kappa shape index (κ3) is 2.73. The number of rotatable bonds is 2. The smallest absolute Gasteiger partial charge is 0.0149 e. The van der Waals surface area contributed by atoms with Gasteiger partial charge in [0.25, 0.3) is 0 Å². The zero-order valence-electron chi connectivity index (χ0n) is 13.0. The Hall–Kier alpha value is -1.56. The van der Waals surface area contributed by atoms with E-state index in [4.69, 9.17) is 0 Å². The number of aryl methyl sites for hydroxylation is 4. The summed E-state index contributed by atoms with van der Waals surface area (Å²) >= 11 is 0. The minimum atomic E-state index is 0.590. The van der Waals surface area contributed by atoms with Gasteiger partial charge in [0.15, 0.2) is 0 Å². The zero-order chi connectivity index (χ0) is 14.2. The SMILES string of the molecule is Cc1ccc(-c2cc(C)c(C(C)C)cc2C)c(C)c1. The van der Waals surface area contributed by atoms with Gasteiger partial charge in [-0.3, -0.25) is 0 Å². The molecular weight excluding hydrogens is 228 g/mol. The fraction of sp³-hybridized carbons (Fsp3) is 0.368. The second kappa shape index (κ2) is 5.21. The highest BCUT2D eigenvalue weighted by molar-refractivity contribution is 5.72. The lowest BCUT2D eigenvalue weighted by Crippen LogP contribution is -1.96. The monoisotopic (exact) mass is 252 g/mol. The summed E-state index contributed by atoms with van der Waals surface area (Å²) in [6.45, 7) is 13.3. The molecule has 0 heterocycles. The maximum atomic E-state index is 2.36. The van der Waals surface area contributed by atoms with Crippen LogP contribution in [-0.4, -0.2) is 0 Å². The van der Waals surface area contributed by atoms with Crippen LogP contribution >= 0.6 is 0 Å². The molecule has 19 heavy (non-hydrogen) atoms. The molecule has 0 heteroatoms. The van der Waals surface area contributed by atoms with Gasteiger partial charge in [-0.05, 0) is 67.0 Å². The van der Waals surface area contributed by atoms with E-state index in [0.29, 0.717) is 5.92 Å². The molecule has 0 N–H and O–H groups in total. The minimum Gasteiger partial charge on any atom is -0.0587 e. The lowest BCUT2D eigenvalue weighted by molar-refractivity contribution is 0.855. The molecule has 0 atom stereocenters. The van der Waals surface area contributed by atoms with Crippen molar-refractivity contribution in [1.82, 2.24) is 0 Å². The van der Waals surface area contributed by atoms with Crippen LogP contribution in [0.3, 0.4) is 0 Å². The summed E-state index contributed by atoms with van der Waals surface area (Å²) in [5.41, 5.74) is 9.66. The lowest BCUT2D eigenvalue weighted by atomic mass is 9.89. The van der Waals surface area contributed by atoms with Crippen molar-refractivity contribution in [3.8, 4) is 11.1 Å². The first-order valence-electron chi connectivity index (χ1n) is 7.09. The summed E-state index contributed by atoms with van der Waals surface area (Å²) < 4.78 is 0. The molecule has 100 valence electrons. The van der Waals surface area contributed by atoms with Crippen molar-refractivity contribution in [2.24, 2.45) is 0 Å². The van der Waals surface area contributed by atoms with Crippen molar-refractivity contribution in [3.05, 3.63) is 58.1 Å². The molecule has 0 aliphatic heterocycles. The van der Waals surface area contributed by atoms with Crippen molar-refractivity contribution in [2.45, 2.75) is 47.5 Å². The third-order valence-electron chi connectivity index (χ3n) is 3.91. The lowest BCUT2D eigenvalue weighted by Gasteiger charge is -2.16. The Bertz CT molecular complexity index is 604. The van der Waals surface area contributed by atoms with E-state index in [-0.39, 0.29) is 0 Å². The topological polar surface area (TPSA) is 0 Å². The molecule has 0 unspecified atom stereocenters. The Morgan fingerprint density at radius 1 is 0.684 bits per heavy atom. The fourth-order valence-electron chi connectivity index (χ4n) is 2.87. The highest BCUT2D eigenvalue weighted by atomic mass is 14.1. The van der Waals surface area contributed by atoms with Crippen molar-refractivity contribution >= 4 is 0 Å². The first-order valence-corrected chi connectivity index (χ1v) is 7.09. The highest BCUT2D eigenvalue weighted by Crippen LogP contribution is 2.31. The molecule has 0 bridgehead atoms. The van der Waals surface area contributed by atoms with Crippen LogP contribution in [-0.2, 0) is 0 Å². The van der Waals surface area contributed by atoms with Crippen LogP contribution in [0, 0.1) is 27.7 Å². The van der Waals surface area contributed by atoms with Crippen LogP contribution in [0.25, 0.3) is 11.1 Å². The molecule has 0 aliphatic carbocycles. The summed E-state index contributed by atoms with van der Waals surface area (Å²) in [4.78, 5) is 0.